The minimum absolute atomic E-state index is 0. The Balaban J connectivity index is 0.00000261. The van der Waals surface area contributed by atoms with Crippen LogP contribution >= 0.6 is 12.4 Å². The van der Waals surface area contributed by atoms with Gasteiger partial charge in [0, 0.05) is 31.7 Å². The number of nitrogens with one attached hydrogen (secondary N) is 2. The number of halogens is 4. The molecule has 2 N–H and O–H groups in total. The molecule has 1 aromatic rings. The monoisotopic (exact) mass is 406 g/mol. The van der Waals surface area contributed by atoms with E-state index in [0.717, 1.165) is 25.5 Å². The van der Waals surface area contributed by atoms with Crippen LogP contribution in [0.3, 0.4) is 0 Å². The number of carbonyl (C=O) groups excluding carboxylic acids is 1. The second-order valence-electron chi connectivity index (χ2n) is 7.23. The standard InChI is InChI=1S/C19H25F3N2O2.ClH/c20-19(21,22)16-5-1-4-15(11-16)18(6-9-26-10-7-18)13-24-17(25)14-3-2-8-23-12-14;/h1,4-5,11,14,23H,2-3,6-10,12-13H2,(H,24,25);1H. The van der Waals surface area contributed by atoms with E-state index in [9.17, 15) is 18.0 Å². The lowest BCUT2D eigenvalue weighted by molar-refractivity contribution is -0.137. The van der Waals surface area contributed by atoms with E-state index in [2.05, 4.69) is 10.6 Å². The zero-order chi connectivity index (χ0) is 18.6. The summed E-state index contributed by atoms with van der Waals surface area (Å²) in [6, 6.07) is 5.49. The molecule has 3 rings (SSSR count). The average molecular weight is 407 g/mol. The molecule has 4 nitrogen and oxygen atoms in total. The molecule has 0 bridgehead atoms. The van der Waals surface area contributed by atoms with Crippen LogP contribution in [0.25, 0.3) is 0 Å². The normalized spacial score (nSPS) is 22.6. The molecule has 1 unspecified atom stereocenters. The van der Waals surface area contributed by atoms with E-state index in [0.29, 0.717) is 44.7 Å². The maximum Gasteiger partial charge on any atom is 0.416 e. The van der Waals surface area contributed by atoms with Gasteiger partial charge in [0.15, 0.2) is 0 Å². The van der Waals surface area contributed by atoms with Crippen LogP contribution in [0.15, 0.2) is 24.3 Å². The van der Waals surface area contributed by atoms with Crippen molar-refractivity contribution in [1.82, 2.24) is 10.6 Å². The number of hydrogen-bond acceptors (Lipinski definition) is 3. The Hall–Kier alpha value is -1.31. The summed E-state index contributed by atoms with van der Waals surface area (Å²) in [5.41, 5.74) is -0.543. The van der Waals surface area contributed by atoms with Gasteiger partial charge < -0.3 is 15.4 Å². The quantitative estimate of drug-likeness (QED) is 0.806. The summed E-state index contributed by atoms with van der Waals surface area (Å²) >= 11 is 0. The van der Waals surface area contributed by atoms with Gasteiger partial charge in [-0.2, -0.15) is 13.2 Å². The summed E-state index contributed by atoms with van der Waals surface area (Å²) in [7, 11) is 0. The predicted octanol–water partition coefficient (Wildman–Crippen LogP) is 3.29. The molecule has 1 aromatic carbocycles. The van der Waals surface area contributed by atoms with E-state index in [4.69, 9.17) is 4.74 Å². The molecule has 1 atom stereocenters. The van der Waals surface area contributed by atoms with E-state index in [-0.39, 0.29) is 24.2 Å². The number of alkyl halides is 3. The molecule has 2 heterocycles. The van der Waals surface area contributed by atoms with E-state index < -0.39 is 17.2 Å². The molecule has 27 heavy (non-hydrogen) atoms. The van der Waals surface area contributed by atoms with Gasteiger partial charge in [0.2, 0.25) is 5.91 Å². The Kier molecular flexibility index (Phi) is 7.54. The van der Waals surface area contributed by atoms with Gasteiger partial charge in [0.25, 0.3) is 0 Å². The van der Waals surface area contributed by atoms with Crippen molar-refractivity contribution in [2.24, 2.45) is 5.92 Å². The van der Waals surface area contributed by atoms with Gasteiger partial charge in [-0.3, -0.25) is 4.79 Å². The first-order chi connectivity index (χ1) is 12.4. The third-order valence-corrected chi connectivity index (χ3v) is 5.52. The highest BCUT2D eigenvalue weighted by molar-refractivity contribution is 5.85. The third-order valence-electron chi connectivity index (χ3n) is 5.52. The third kappa shape index (κ3) is 5.36. The summed E-state index contributed by atoms with van der Waals surface area (Å²) in [6.07, 6.45) is -1.38. The average Bonchev–Trinajstić information content (AvgIpc) is 2.67. The van der Waals surface area contributed by atoms with Gasteiger partial charge in [-0.15, -0.1) is 12.4 Å². The fourth-order valence-corrected chi connectivity index (χ4v) is 3.83. The number of piperidine rings is 1. The maximum absolute atomic E-state index is 13.1. The summed E-state index contributed by atoms with van der Waals surface area (Å²) in [4.78, 5) is 12.5. The Morgan fingerprint density at radius 3 is 2.67 bits per heavy atom. The summed E-state index contributed by atoms with van der Waals surface area (Å²) in [5, 5.41) is 6.22. The number of rotatable bonds is 4. The van der Waals surface area contributed by atoms with Gasteiger partial charge >= 0.3 is 6.18 Å². The van der Waals surface area contributed by atoms with Crippen molar-refractivity contribution in [3.05, 3.63) is 35.4 Å². The highest BCUT2D eigenvalue weighted by Crippen LogP contribution is 2.37. The highest BCUT2D eigenvalue weighted by atomic mass is 35.5. The highest BCUT2D eigenvalue weighted by Gasteiger charge is 2.38. The van der Waals surface area contributed by atoms with Gasteiger partial charge in [0.1, 0.15) is 0 Å². The largest absolute Gasteiger partial charge is 0.416 e. The van der Waals surface area contributed by atoms with E-state index >= 15 is 0 Å². The Morgan fingerprint density at radius 2 is 2.04 bits per heavy atom. The number of ether oxygens (including phenoxy) is 1. The van der Waals surface area contributed by atoms with Crippen molar-refractivity contribution < 1.29 is 22.7 Å². The molecular formula is C19H26ClF3N2O2. The molecule has 2 fully saturated rings. The van der Waals surface area contributed by atoms with Crippen LogP contribution in [0, 0.1) is 5.92 Å². The first-order valence-corrected chi connectivity index (χ1v) is 9.15. The minimum Gasteiger partial charge on any atom is -0.381 e. The first-order valence-electron chi connectivity index (χ1n) is 9.15. The SMILES string of the molecule is Cl.O=C(NCC1(c2cccc(C(F)(F)F)c2)CCOCC1)C1CCCNC1. The zero-order valence-corrected chi connectivity index (χ0v) is 15.9. The molecule has 8 heteroatoms. The van der Waals surface area contributed by atoms with Gasteiger partial charge in [0.05, 0.1) is 11.5 Å². The first kappa shape index (κ1) is 22.0. The predicted molar refractivity (Wildman–Crippen MR) is 99.0 cm³/mol. The molecular weight excluding hydrogens is 381 g/mol. The van der Waals surface area contributed by atoms with E-state index in [1.807, 2.05) is 0 Å². The van der Waals surface area contributed by atoms with Gasteiger partial charge in [-0.1, -0.05) is 18.2 Å². The molecule has 1 amide bonds. The molecule has 0 saturated carbocycles. The zero-order valence-electron chi connectivity index (χ0n) is 15.1. The summed E-state index contributed by atoms with van der Waals surface area (Å²) in [6.45, 7) is 2.89. The van der Waals surface area contributed by atoms with Crippen LogP contribution in [0.2, 0.25) is 0 Å². The van der Waals surface area contributed by atoms with Gasteiger partial charge in [-0.25, -0.2) is 0 Å². The fraction of sp³-hybridized carbons (Fsp3) is 0.632. The van der Waals surface area contributed by atoms with Crippen molar-refractivity contribution >= 4 is 18.3 Å². The fourth-order valence-electron chi connectivity index (χ4n) is 3.83. The molecule has 0 spiro atoms. The van der Waals surface area contributed by atoms with E-state index in [1.54, 1.807) is 6.07 Å². The van der Waals surface area contributed by atoms with Crippen molar-refractivity contribution in [3.8, 4) is 0 Å². The molecule has 2 aliphatic rings. The van der Waals surface area contributed by atoms with Crippen molar-refractivity contribution in [2.45, 2.75) is 37.3 Å². The maximum atomic E-state index is 13.1. The second-order valence-corrected chi connectivity index (χ2v) is 7.23. The molecule has 0 aromatic heterocycles. The Bertz CT molecular complexity index is 628. The molecule has 152 valence electrons. The van der Waals surface area contributed by atoms with Gasteiger partial charge in [-0.05, 0) is 43.9 Å². The number of amides is 1. The topological polar surface area (TPSA) is 50.4 Å². The smallest absolute Gasteiger partial charge is 0.381 e. The lowest BCUT2D eigenvalue weighted by atomic mass is 9.73. The van der Waals surface area contributed by atoms with Crippen LogP contribution in [0.5, 0.6) is 0 Å². The van der Waals surface area contributed by atoms with Crippen molar-refractivity contribution in [1.29, 1.82) is 0 Å². The lowest BCUT2D eigenvalue weighted by Gasteiger charge is -2.38. The van der Waals surface area contributed by atoms with Crippen LogP contribution in [-0.4, -0.2) is 38.8 Å². The number of carbonyl (C=O) groups is 1. The lowest BCUT2D eigenvalue weighted by Crippen LogP contribution is -2.48. The molecule has 0 aliphatic carbocycles. The van der Waals surface area contributed by atoms with Crippen molar-refractivity contribution in [2.75, 3.05) is 32.8 Å². The minimum atomic E-state index is -4.38. The summed E-state index contributed by atoms with van der Waals surface area (Å²) < 4.78 is 44.8. The van der Waals surface area contributed by atoms with Crippen molar-refractivity contribution in [3.63, 3.8) is 0 Å². The number of benzene rings is 1. The molecule has 2 saturated heterocycles. The van der Waals surface area contributed by atoms with Crippen LogP contribution < -0.4 is 10.6 Å². The number of hydrogen-bond donors (Lipinski definition) is 2. The van der Waals surface area contributed by atoms with Crippen LogP contribution in [-0.2, 0) is 21.1 Å². The molecule has 0 radical (unpaired) electrons. The molecule has 2 aliphatic heterocycles. The Labute approximate surface area is 163 Å². The second kappa shape index (κ2) is 9.26. The van der Waals surface area contributed by atoms with Crippen LogP contribution in [0.4, 0.5) is 13.2 Å². The van der Waals surface area contributed by atoms with Crippen LogP contribution in [0.1, 0.15) is 36.8 Å². The van der Waals surface area contributed by atoms with E-state index in [1.165, 1.54) is 12.1 Å². The summed E-state index contributed by atoms with van der Waals surface area (Å²) in [5.74, 6) is -0.0859. The Morgan fingerprint density at radius 1 is 1.30 bits per heavy atom.